The lowest BCUT2D eigenvalue weighted by atomic mass is 9.97. The molecule has 1 N–H and O–H groups in total. The third-order valence-corrected chi connectivity index (χ3v) is 0.848. The van der Waals surface area contributed by atoms with E-state index in [4.69, 9.17) is 5.11 Å². The van der Waals surface area contributed by atoms with Gasteiger partial charge in [-0.05, 0) is 26.2 Å². The van der Waals surface area contributed by atoms with Crippen molar-refractivity contribution in [1.29, 1.82) is 0 Å². The van der Waals surface area contributed by atoms with Crippen molar-refractivity contribution >= 4 is 0 Å². The molecule has 1 heteroatoms. The van der Waals surface area contributed by atoms with Crippen LogP contribution in [-0.4, -0.2) is 10.7 Å². The molecule has 0 aliphatic carbocycles. The van der Waals surface area contributed by atoms with E-state index < -0.39 is 5.60 Å². The molecular weight excluding hydrogens is 100 g/mol. The molecule has 0 aromatic heterocycles. The minimum absolute atomic E-state index is 0.343. The Morgan fingerprint density at radius 3 is 2.00 bits per heavy atom. The van der Waals surface area contributed by atoms with E-state index in [1.54, 1.807) is 13.8 Å². The van der Waals surface area contributed by atoms with Gasteiger partial charge in [-0.2, -0.15) is 0 Å². The molecule has 0 aromatic rings. The molecule has 0 aliphatic heterocycles. The summed E-state index contributed by atoms with van der Waals surface area (Å²) in [5, 5.41) is 9.15. The van der Waals surface area contributed by atoms with Gasteiger partial charge >= 0.3 is 0 Å². The van der Waals surface area contributed by atoms with Crippen LogP contribution in [0.1, 0.15) is 27.2 Å². The van der Waals surface area contributed by atoms with Crippen LogP contribution in [0.4, 0.5) is 0 Å². The summed E-state index contributed by atoms with van der Waals surface area (Å²) in [5.74, 6) is 0.343. The van der Waals surface area contributed by atoms with Gasteiger partial charge in [-0.15, -0.1) is 0 Å². The average Bonchev–Trinajstić information content (AvgIpc) is 1.21. The maximum Gasteiger partial charge on any atom is 0.0594 e. The SMILES string of the molecule is [CH2]C(C)CC(C)(C)O. The molecule has 1 radical (unpaired) electrons. The first-order valence-corrected chi connectivity index (χ1v) is 2.97. The lowest BCUT2D eigenvalue weighted by molar-refractivity contribution is 0.0610. The van der Waals surface area contributed by atoms with Crippen molar-refractivity contribution in [3.63, 3.8) is 0 Å². The molecule has 0 rings (SSSR count). The highest BCUT2D eigenvalue weighted by Gasteiger charge is 2.13. The van der Waals surface area contributed by atoms with Gasteiger partial charge < -0.3 is 5.11 Å². The Kier molecular flexibility index (Phi) is 2.48. The smallest absolute Gasteiger partial charge is 0.0594 e. The third kappa shape index (κ3) is 5.96. The predicted octanol–water partition coefficient (Wildman–Crippen LogP) is 1.62. The lowest BCUT2D eigenvalue weighted by Crippen LogP contribution is -2.20. The molecule has 1 unspecified atom stereocenters. The Bertz CT molecular complexity index is 59.3. The predicted molar refractivity (Wildman–Crippen MR) is 35.4 cm³/mol. The quantitative estimate of drug-likeness (QED) is 0.579. The highest BCUT2D eigenvalue weighted by atomic mass is 16.3. The van der Waals surface area contributed by atoms with Crippen molar-refractivity contribution < 1.29 is 5.11 Å². The van der Waals surface area contributed by atoms with E-state index in [0.29, 0.717) is 5.92 Å². The molecule has 0 spiro atoms. The highest BCUT2D eigenvalue weighted by molar-refractivity contribution is 4.69. The lowest BCUT2D eigenvalue weighted by Gasteiger charge is -2.18. The van der Waals surface area contributed by atoms with Crippen LogP contribution < -0.4 is 0 Å². The van der Waals surface area contributed by atoms with Crippen molar-refractivity contribution in [3.8, 4) is 0 Å². The summed E-state index contributed by atoms with van der Waals surface area (Å²) in [6, 6.07) is 0. The van der Waals surface area contributed by atoms with Gasteiger partial charge in [0.2, 0.25) is 0 Å². The summed E-state index contributed by atoms with van der Waals surface area (Å²) in [6.45, 7) is 9.36. The molecule has 0 bridgehead atoms. The molecule has 0 fully saturated rings. The molecule has 0 saturated carbocycles. The minimum atomic E-state index is -0.541. The van der Waals surface area contributed by atoms with Crippen molar-refractivity contribution in [2.24, 2.45) is 5.92 Å². The van der Waals surface area contributed by atoms with Crippen molar-refractivity contribution in [3.05, 3.63) is 6.92 Å². The first-order chi connectivity index (χ1) is 3.42. The Balaban J connectivity index is 3.39. The molecule has 0 amide bonds. The van der Waals surface area contributed by atoms with E-state index >= 15 is 0 Å². The Morgan fingerprint density at radius 2 is 2.00 bits per heavy atom. The van der Waals surface area contributed by atoms with Gasteiger partial charge in [-0.1, -0.05) is 13.8 Å². The second-order valence-corrected chi connectivity index (χ2v) is 3.12. The van der Waals surface area contributed by atoms with Crippen LogP contribution in [0.3, 0.4) is 0 Å². The second kappa shape index (κ2) is 2.49. The molecule has 0 aliphatic rings. The Hall–Kier alpha value is -0.0400. The van der Waals surface area contributed by atoms with E-state index in [1.165, 1.54) is 0 Å². The minimum Gasteiger partial charge on any atom is -0.390 e. The fourth-order valence-corrected chi connectivity index (χ4v) is 0.853. The zero-order chi connectivity index (χ0) is 6.78. The molecule has 0 heterocycles. The van der Waals surface area contributed by atoms with Crippen LogP contribution in [0.25, 0.3) is 0 Å². The van der Waals surface area contributed by atoms with E-state index in [1.807, 2.05) is 6.92 Å². The van der Waals surface area contributed by atoms with Crippen LogP contribution in [0.15, 0.2) is 0 Å². The fraction of sp³-hybridized carbons (Fsp3) is 0.857. The summed E-state index contributed by atoms with van der Waals surface area (Å²) < 4.78 is 0. The summed E-state index contributed by atoms with van der Waals surface area (Å²) in [6.07, 6.45) is 0.771. The summed E-state index contributed by atoms with van der Waals surface area (Å²) in [5.41, 5.74) is -0.541. The van der Waals surface area contributed by atoms with Crippen LogP contribution in [-0.2, 0) is 0 Å². The van der Waals surface area contributed by atoms with Crippen molar-refractivity contribution in [2.75, 3.05) is 0 Å². The number of aliphatic hydroxyl groups is 1. The van der Waals surface area contributed by atoms with Gasteiger partial charge in [0.15, 0.2) is 0 Å². The Morgan fingerprint density at radius 1 is 1.62 bits per heavy atom. The van der Waals surface area contributed by atoms with Crippen LogP contribution >= 0.6 is 0 Å². The molecule has 8 heavy (non-hydrogen) atoms. The second-order valence-electron chi connectivity index (χ2n) is 3.12. The fourth-order valence-electron chi connectivity index (χ4n) is 0.853. The van der Waals surface area contributed by atoms with Gasteiger partial charge in [0.05, 0.1) is 5.60 Å². The molecule has 1 nitrogen and oxygen atoms in total. The van der Waals surface area contributed by atoms with Gasteiger partial charge in [-0.25, -0.2) is 0 Å². The molecule has 1 atom stereocenters. The van der Waals surface area contributed by atoms with Crippen molar-refractivity contribution in [2.45, 2.75) is 32.8 Å². The van der Waals surface area contributed by atoms with Crippen LogP contribution in [0.5, 0.6) is 0 Å². The van der Waals surface area contributed by atoms with Gasteiger partial charge in [0, 0.05) is 0 Å². The maximum atomic E-state index is 9.15. The zero-order valence-electron chi connectivity index (χ0n) is 5.94. The topological polar surface area (TPSA) is 20.2 Å². The molecule has 0 saturated heterocycles. The van der Waals surface area contributed by atoms with E-state index in [2.05, 4.69) is 6.92 Å². The standard InChI is InChI=1S/C7H15O/c1-6(2)5-7(3,4)8/h6,8H,1,5H2,2-4H3. The zero-order valence-corrected chi connectivity index (χ0v) is 5.94. The summed E-state index contributed by atoms with van der Waals surface area (Å²) in [4.78, 5) is 0. The molecular formula is C7H15O. The third-order valence-electron chi connectivity index (χ3n) is 0.848. The van der Waals surface area contributed by atoms with E-state index in [9.17, 15) is 0 Å². The van der Waals surface area contributed by atoms with Gasteiger partial charge in [0.25, 0.3) is 0 Å². The van der Waals surface area contributed by atoms with Crippen LogP contribution in [0.2, 0.25) is 0 Å². The first-order valence-electron chi connectivity index (χ1n) is 2.97. The summed E-state index contributed by atoms with van der Waals surface area (Å²) in [7, 11) is 0. The first kappa shape index (κ1) is 7.96. The van der Waals surface area contributed by atoms with E-state index in [-0.39, 0.29) is 0 Å². The summed E-state index contributed by atoms with van der Waals surface area (Å²) >= 11 is 0. The molecule has 49 valence electrons. The van der Waals surface area contributed by atoms with Crippen LogP contribution in [0, 0.1) is 12.8 Å². The monoisotopic (exact) mass is 115 g/mol. The maximum absolute atomic E-state index is 9.15. The largest absolute Gasteiger partial charge is 0.390 e. The number of hydrogen-bond donors (Lipinski definition) is 1. The van der Waals surface area contributed by atoms with Crippen molar-refractivity contribution in [1.82, 2.24) is 0 Å². The highest BCUT2D eigenvalue weighted by Crippen LogP contribution is 2.13. The average molecular weight is 115 g/mol. The van der Waals surface area contributed by atoms with Gasteiger partial charge in [0.1, 0.15) is 0 Å². The molecule has 0 aromatic carbocycles. The number of hydrogen-bond acceptors (Lipinski definition) is 1. The number of rotatable bonds is 2. The van der Waals surface area contributed by atoms with E-state index in [0.717, 1.165) is 6.42 Å². The normalized spacial score (nSPS) is 12.8. The Labute approximate surface area is 51.7 Å². The van der Waals surface area contributed by atoms with Gasteiger partial charge in [-0.3, -0.25) is 0 Å².